The number of amides is 1. The van der Waals surface area contributed by atoms with E-state index in [0.29, 0.717) is 11.7 Å². The standard InChI is InChI=1S/C8H13N3O2S/c1-4-11-7(12)6(5-9-13-3)10(2)8(11)14/h5-6H,4H2,1-3H3/b9-5+. The second kappa shape index (κ2) is 4.36. The summed E-state index contributed by atoms with van der Waals surface area (Å²) in [5.74, 6) is -0.0548. The van der Waals surface area contributed by atoms with E-state index in [-0.39, 0.29) is 5.91 Å². The number of rotatable bonds is 3. The van der Waals surface area contributed by atoms with Crippen LogP contribution in [-0.4, -0.2) is 53.8 Å². The highest BCUT2D eigenvalue weighted by molar-refractivity contribution is 7.80. The summed E-state index contributed by atoms with van der Waals surface area (Å²) in [6, 6.07) is -0.428. The van der Waals surface area contributed by atoms with Gasteiger partial charge in [-0.2, -0.15) is 0 Å². The highest BCUT2D eigenvalue weighted by Crippen LogP contribution is 2.14. The number of thiocarbonyl (C=S) groups is 1. The van der Waals surface area contributed by atoms with Crippen LogP contribution in [0.1, 0.15) is 6.92 Å². The number of carbonyl (C=O) groups excluding carboxylic acids is 1. The number of nitrogens with zero attached hydrogens (tertiary/aromatic N) is 3. The SMILES string of the molecule is CCN1C(=O)C(/C=N/OC)N(C)C1=S. The molecule has 1 rings (SSSR count). The summed E-state index contributed by atoms with van der Waals surface area (Å²) < 4.78 is 0. The van der Waals surface area contributed by atoms with Gasteiger partial charge in [0.25, 0.3) is 5.91 Å². The Morgan fingerprint density at radius 3 is 2.79 bits per heavy atom. The number of oxime groups is 1. The average molecular weight is 215 g/mol. The Morgan fingerprint density at radius 2 is 2.36 bits per heavy atom. The molecule has 1 aliphatic heterocycles. The Kier molecular flexibility index (Phi) is 3.40. The van der Waals surface area contributed by atoms with Crippen LogP contribution in [0.2, 0.25) is 0 Å². The van der Waals surface area contributed by atoms with Gasteiger partial charge in [0, 0.05) is 13.6 Å². The first-order valence-corrected chi connectivity index (χ1v) is 4.69. The van der Waals surface area contributed by atoms with E-state index in [1.165, 1.54) is 13.3 Å². The Bertz CT molecular complexity index is 280. The lowest BCUT2D eigenvalue weighted by Gasteiger charge is -2.14. The monoisotopic (exact) mass is 215 g/mol. The maximum atomic E-state index is 11.7. The maximum absolute atomic E-state index is 11.7. The van der Waals surface area contributed by atoms with Gasteiger partial charge in [-0.05, 0) is 19.1 Å². The van der Waals surface area contributed by atoms with Crippen LogP contribution in [0.4, 0.5) is 0 Å². The molecule has 0 aromatic rings. The molecule has 0 spiro atoms. The second-order valence-electron chi connectivity index (χ2n) is 2.86. The van der Waals surface area contributed by atoms with E-state index in [2.05, 4.69) is 9.99 Å². The Morgan fingerprint density at radius 1 is 1.71 bits per heavy atom. The van der Waals surface area contributed by atoms with E-state index in [1.54, 1.807) is 16.8 Å². The van der Waals surface area contributed by atoms with Crippen LogP contribution in [0.3, 0.4) is 0 Å². The minimum atomic E-state index is -0.428. The Balaban J connectivity index is 2.83. The molecule has 0 bridgehead atoms. The van der Waals surface area contributed by atoms with Crippen molar-refractivity contribution in [2.75, 3.05) is 20.7 Å². The van der Waals surface area contributed by atoms with Crippen LogP contribution < -0.4 is 0 Å². The molecule has 14 heavy (non-hydrogen) atoms. The molecule has 0 aromatic heterocycles. The largest absolute Gasteiger partial charge is 0.399 e. The van der Waals surface area contributed by atoms with Crippen molar-refractivity contribution in [1.82, 2.24) is 9.80 Å². The summed E-state index contributed by atoms with van der Waals surface area (Å²) >= 11 is 5.10. The Hall–Kier alpha value is -1.17. The quantitative estimate of drug-likeness (QED) is 0.379. The van der Waals surface area contributed by atoms with Crippen molar-refractivity contribution in [2.45, 2.75) is 13.0 Å². The molecule has 0 aliphatic carbocycles. The van der Waals surface area contributed by atoms with Crippen LogP contribution in [0, 0.1) is 0 Å². The van der Waals surface area contributed by atoms with Gasteiger partial charge in [-0.3, -0.25) is 9.69 Å². The first-order valence-electron chi connectivity index (χ1n) is 4.28. The molecule has 5 nitrogen and oxygen atoms in total. The fourth-order valence-corrected chi connectivity index (χ4v) is 1.63. The number of likely N-dealkylation sites (N-methyl/N-ethyl adjacent to an activating group) is 2. The van der Waals surface area contributed by atoms with Crippen LogP contribution in [0.5, 0.6) is 0 Å². The summed E-state index contributed by atoms with van der Waals surface area (Å²) in [7, 11) is 3.20. The fourth-order valence-electron chi connectivity index (χ4n) is 1.30. The van der Waals surface area contributed by atoms with Crippen LogP contribution in [0.25, 0.3) is 0 Å². The van der Waals surface area contributed by atoms with Crippen molar-refractivity contribution < 1.29 is 9.63 Å². The molecule has 1 amide bonds. The van der Waals surface area contributed by atoms with Gasteiger partial charge in [-0.1, -0.05) is 5.16 Å². The molecule has 1 unspecified atom stereocenters. The van der Waals surface area contributed by atoms with Crippen LogP contribution >= 0.6 is 12.2 Å². The average Bonchev–Trinajstić information content (AvgIpc) is 2.37. The zero-order valence-corrected chi connectivity index (χ0v) is 9.24. The van der Waals surface area contributed by atoms with Crippen molar-refractivity contribution in [1.29, 1.82) is 0 Å². The fraction of sp³-hybridized carbons (Fsp3) is 0.625. The molecular weight excluding hydrogens is 202 g/mol. The lowest BCUT2D eigenvalue weighted by Crippen LogP contribution is -2.32. The predicted molar refractivity (Wildman–Crippen MR) is 57.0 cm³/mol. The van der Waals surface area contributed by atoms with Crippen LogP contribution in [0.15, 0.2) is 5.16 Å². The highest BCUT2D eigenvalue weighted by atomic mass is 32.1. The second-order valence-corrected chi connectivity index (χ2v) is 3.22. The smallest absolute Gasteiger partial charge is 0.257 e. The van der Waals surface area contributed by atoms with E-state index in [0.717, 1.165) is 0 Å². The van der Waals surface area contributed by atoms with Crippen molar-refractivity contribution in [3.8, 4) is 0 Å². The molecule has 0 aromatic carbocycles. The molecule has 0 radical (unpaired) electrons. The summed E-state index contributed by atoms with van der Waals surface area (Å²) in [6.07, 6.45) is 1.45. The molecule has 1 atom stereocenters. The summed E-state index contributed by atoms with van der Waals surface area (Å²) in [5.41, 5.74) is 0. The highest BCUT2D eigenvalue weighted by Gasteiger charge is 2.38. The first-order chi connectivity index (χ1) is 6.63. The van der Waals surface area contributed by atoms with Gasteiger partial charge in [0.1, 0.15) is 13.2 Å². The predicted octanol–water partition coefficient (Wildman–Crippen LogP) is 0.0660. The Labute approximate surface area is 88.3 Å². The van der Waals surface area contributed by atoms with Crippen molar-refractivity contribution in [2.24, 2.45) is 5.16 Å². The molecule has 1 heterocycles. The van der Waals surface area contributed by atoms with Gasteiger partial charge >= 0.3 is 0 Å². The molecule has 1 saturated heterocycles. The maximum Gasteiger partial charge on any atom is 0.257 e. The van der Waals surface area contributed by atoms with Gasteiger partial charge < -0.3 is 9.74 Å². The minimum absolute atomic E-state index is 0.0548. The zero-order valence-electron chi connectivity index (χ0n) is 8.43. The zero-order chi connectivity index (χ0) is 10.7. The van der Waals surface area contributed by atoms with E-state index < -0.39 is 6.04 Å². The normalized spacial score (nSPS) is 22.6. The molecular formula is C8H13N3O2S. The minimum Gasteiger partial charge on any atom is -0.399 e. The van der Waals surface area contributed by atoms with Crippen molar-refractivity contribution >= 4 is 29.5 Å². The van der Waals surface area contributed by atoms with E-state index >= 15 is 0 Å². The van der Waals surface area contributed by atoms with Gasteiger partial charge in [0.05, 0.1) is 6.21 Å². The molecule has 1 aliphatic rings. The lowest BCUT2D eigenvalue weighted by atomic mass is 10.3. The molecule has 0 saturated carbocycles. The van der Waals surface area contributed by atoms with E-state index in [1.807, 2.05) is 6.92 Å². The van der Waals surface area contributed by atoms with E-state index in [4.69, 9.17) is 12.2 Å². The molecule has 0 N–H and O–H groups in total. The summed E-state index contributed by atoms with van der Waals surface area (Å²) in [4.78, 5) is 19.5. The van der Waals surface area contributed by atoms with Gasteiger partial charge in [0.15, 0.2) is 5.11 Å². The molecule has 6 heteroatoms. The number of hydrogen-bond acceptors (Lipinski definition) is 4. The molecule has 78 valence electrons. The topological polar surface area (TPSA) is 45.1 Å². The number of carbonyl (C=O) groups is 1. The van der Waals surface area contributed by atoms with Gasteiger partial charge in [-0.15, -0.1) is 0 Å². The van der Waals surface area contributed by atoms with Gasteiger partial charge in [-0.25, -0.2) is 0 Å². The number of hydrogen-bond donors (Lipinski definition) is 0. The van der Waals surface area contributed by atoms with Gasteiger partial charge in [0.2, 0.25) is 0 Å². The third-order valence-electron chi connectivity index (χ3n) is 2.09. The molecule has 1 fully saturated rings. The first kappa shape index (κ1) is 10.9. The van der Waals surface area contributed by atoms with Crippen LogP contribution in [-0.2, 0) is 9.63 Å². The lowest BCUT2D eigenvalue weighted by molar-refractivity contribution is -0.126. The summed E-state index contributed by atoms with van der Waals surface area (Å²) in [5, 5.41) is 4.12. The van der Waals surface area contributed by atoms with E-state index in [9.17, 15) is 4.79 Å². The van der Waals surface area contributed by atoms with Crippen molar-refractivity contribution in [3.05, 3.63) is 0 Å². The third kappa shape index (κ3) is 1.70. The third-order valence-corrected chi connectivity index (χ3v) is 2.60. The summed E-state index contributed by atoms with van der Waals surface area (Å²) in [6.45, 7) is 2.47. The van der Waals surface area contributed by atoms with Crippen molar-refractivity contribution in [3.63, 3.8) is 0 Å².